The first-order chi connectivity index (χ1) is 4.54. The van der Waals surface area contributed by atoms with Gasteiger partial charge in [-0.3, -0.25) is 0 Å². The minimum Gasteiger partial charge on any atom is -0.550 e. The standard InChI is InChI=1S/2C3H6O2.2Co/c2*1-2-3(4)5;;/h2*2H2,1H3,(H,4,5);;/q;;2*+2/p-2. The third-order valence-electron chi connectivity index (χ3n) is 0.577. The third-order valence-corrected chi connectivity index (χ3v) is 0.577. The molecule has 0 aromatic carbocycles. The van der Waals surface area contributed by atoms with Crippen LogP contribution < -0.4 is 10.2 Å². The van der Waals surface area contributed by atoms with Crippen LogP contribution in [0.4, 0.5) is 0 Å². The van der Waals surface area contributed by atoms with Crippen molar-refractivity contribution >= 4 is 11.9 Å². The van der Waals surface area contributed by atoms with Crippen LogP contribution >= 0.6 is 0 Å². The number of aliphatic carboxylic acids is 2. The van der Waals surface area contributed by atoms with Crippen LogP contribution in [-0.2, 0) is 43.1 Å². The Morgan fingerprint density at radius 1 is 0.917 bits per heavy atom. The number of carbonyl (C=O) groups is 2. The van der Waals surface area contributed by atoms with Crippen molar-refractivity contribution in [3.05, 3.63) is 0 Å². The van der Waals surface area contributed by atoms with Crippen molar-refractivity contribution in [2.24, 2.45) is 0 Å². The Morgan fingerprint density at radius 3 is 1.00 bits per heavy atom. The molecule has 0 aliphatic rings. The summed E-state index contributed by atoms with van der Waals surface area (Å²) >= 11 is 0. The molecule has 4 nitrogen and oxygen atoms in total. The molecule has 0 spiro atoms. The molecule has 6 heteroatoms. The zero-order valence-corrected chi connectivity index (χ0v) is 8.80. The van der Waals surface area contributed by atoms with Gasteiger partial charge in [0.05, 0.1) is 0 Å². The molecular weight excluding hydrogens is 254 g/mol. The summed E-state index contributed by atoms with van der Waals surface area (Å²) in [7, 11) is 0. The van der Waals surface area contributed by atoms with Crippen LogP contribution in [0.25, 0.3) is 0 Å². The predicted molar refractivity (Wildman–Crippen MR) is 30.6 cm³/mol. The molecular formula is C6H10Co2O4+2. The Labute approximate surface area is 92.1 Å². The van der Waals surface area contributed by atoms with E-state index in [0.29, 0.717) is 0 Å². The number of carbonyl (C=O) groups excluding carboxylic acids is 2. The van der Waals surface area contributed by atoms with E-state index < -0.39 is 11.9 Å². The van der Waals surface area contributed by atoms with Gasteiger partial charge in [0.15, 0.2) is 0 Å². The first-order valence-corrected chi connectivity index (χ1v) is 2.94. The molecule has 0 saturated heterocycles. The zero-order chi connectivity index (χ0) is 8.57. The van der Waals surface area contributed by atoms with Crippen molar-refractivity contribution in [3.8, 4) is 0 Å². The molecule has 0 fully saturated rings. The van der Waals surface area contributed by atoms with E-state index in [0.717, 1.165) is 0 Å². The van der Waals surface area contributed by atoms with Crippen molar-refractivity contribution < 1.29 is 53.4 Å². The van der Waals surface area contributed by atoms with E-state index in [1.165, 1.54) is 13.8 Å². The van der Waals surface area contributed by atoms with Crippen molar-refractivity contribution in [1.82, 2.24) is 0 Å². The summed E-state index contributed by atoms with van der Waals surface area (Å²) in [6.07, 6.45) is 0.222. The minimum absolute atomic E-state index is 0. The Hall–Kier alpha value is -0.0470. The topological polar surface area (TPSA) is 80.3 Å². The van der Waals surface area contributed by atoms with E-state index >= 15 is 0 Å². The van der Waals surface area contributed by atoms with Crippen LogP contribution in [0.2, 0.25) is 0 Å². The summed E-state index contributed by atoms with van der Waals surface area (Å²) in [6.45, 7) is 3.07. The van der Waals surface area contributed by atoms with Crippen molar-refractivity contribution in [2.45, 2.75) is 26.7 Å². The third kappa shape index (κ3) is 51.1. The van der Waals surface area contributed by atoms with Gasteiger partial charge in [0.1, 0.15) is 0 Å². The minimum atomic E-state index is -0.995. The van der Waals surface area contributed by atoms with E-state index in [-0.39, 0.29) is 46.4 Å². The van der Waals surface area contributed by atoms with Crippen LogP contribution in [0.15, 0.2) is 0 Å². The Morgan fingerprint density at radius 2 is 1.00 bits per heavy atom. The number of carboxylic acids is 2. The van der Waals surface area contributed by atoms with Crippen molar-refractivity contribution in [1.29, 1.82) is 0 Å². The quantitative estimate of drug-likeness (QED) is 0.594. The van der Waals surface area contributed by atoms with E-state index in [2.05, 4.69) is 0 Å². The summed E-state index contributed by atoms with van der Waals surface area (Å²) in [5.74, 6) is -1.99. The molecule has 0 aromatic heterocycles. The summed E-state index contributed by atoms with van der Waals surface area (Å²) in [5, 5.41) is 18.5. The van der Waals surface area contributed by atoms with E-state index in [1.807, 2.05) is 0 Å². The van der Waals surface area contributed by atoms with Gasteiger partial charge in [-0.1, -0.05) is 13.8 Å². The summed E-state index contributed by atoms with van der Waals surface area (Å²) in [4.78, 5) is 18.5. The fourth-order valence-corrected chi connectivity index (χ4v) is 0. The SMILES string of the molecule is CCC(=O)[O-].CCC(=O)[O-].[Co+2].[Co+2]. The van der Waals surface area contributed by atoms with Gasteiger partial charge in [-0.25, -0.2) is 0 Å². The molecule has 0 N–H and O–H groups in total. The second kappa shape index (κ2) is 17.2. The number of hydrogen-bond acceptors (Lipinski definition) is 4. The fourth-order valence-electron chi connectivity index (χ4n) is 0. The Kier molecular flexibility index (Phi) is 32.4. The van der Waals surface area contributed by atoms with Gasteiger partial charge >= 0.3 is 33.6 Å². The largest absolute Gasteiger partial charge is 2.00 e. The maximum Gasteiger partial charge on any atom is 2.00 e. The van der Waals surface area contributed by atoms with Gasteiger partial charge in [-0.2, -0.15) is 0 Å². The number of hydrogen-bond donors (Lipinski definition) is 0. The maximum atomic E-state index is 9.26. The van der Waals surface area contributed by atoms with Gasteiger partial charge in [0.2, 0.25) is 0 Å². The monoisotopic (exact) mass is 264 g/mol. The molecule has 0 aliphatic carbocycles. The van der Waals surface area contributed by atoms with Gasteiger partial charge in [0, 0.05) is 11.9 Å². The molecule has 12 heavy (non-hydrogen) atoms. The van der Waals surface area contributed by atoms with Crippen molar-refractivity contribution in [2.75, 3.05) is 0 Å². The molecule has 0 rings (SSSR count). The second-order valence-corrected chi connectivity index (χ2v) is 1.45. The van der Waals surface area contributed by atoms with Gasteiger partial charge in [0.25, 0.3) is 0 Å². The van der Waals surface area contributed by atoms with E-state index in [1.54, 1.807) is 0 Å². The molecule has 0 aromatic rings. The molecule has 0 unspecified atom stereocenters. The predicted octanol–water partition coefficient (Wildman–Crippen LogP) is -1.71. The first-order valence-electron chi connectivity index (χ1n) is 2.94. The molecule has 0 heterocycles. The van der Waals surface area contributed by atoms with Gasteiger partial charge < -0.3 is 19.8 Å². The average molecular weight is 264 g/mol. The summed E-state index contributed by atoms with van der Waals surface area (Å²) in [6, 6.07) is 0. The molecule has 0 aliphatic heterocycles. The first kappa shape index (κ1) is 22.7. The molecule has 74 valence electrons. The van der Waals surface area contributed by atoms with Crippen LogP contribution in [0, 0.1) is 0 Å². The van der Waals surface area contributed by atoms with Crippen LogP contribution in [-0.4, -0.2) is 11.9 Å². The number of carboxylic acid groups (broad SMARTS) is 2. The van der Waals surface area contributed by atoms with Crippen LogP contribution in [0.5, 0.6) is 0 Å². The average Bonchev–Trinajstić information content (AvgIpc) is 1.89. The van der Waals surface area contributed by atoms with Crippen molar-refractivity contribution in [3.63, 3.8) is 0 Å². The molecule has 0 amide bonds. The van der Waals surface area contributed by atoms with Crippen LogP contribution in [0.1, 0.15) is 26.7 Å². The smallest absolute Gasteiger partial charge is 0.550 e. The molecule has 0 bridgehead atoms. The second-order valence-electron chi connectivity index (χ2n) is 1.45. The van der Waals surface area contributed by atoms with E-state index in [4.69, 9.17) is 0 Å². The molecule has 2 radical (unpaired) electrons. The maximum absolute atomic E-state index is 9.26. The number of rotatable bonds is 2. The zero-order valence-electron chi connectivity index (χ0n) is 6.71. The summed E-state index contributed by atoms with van der Waals surface area (Å²) < 4.78 is 0. The molecule has 0 saturated carbocycles. The fraction of sp³-hybridized carbons (Fsp3) is 0.667. The molecule has 0 atom stereocenters. The Balaban J connectivity index is -0.0000000457. The summed E-state index contributed by atoms with van der Waals surface area (Å²) in [5.41, 5.74) is 0. The Bertz CT molecular complexity index is 102. The van der Waals surface area contributed by atoms with Gasteiger partial charge in [-0.15, -0.1) is 0 Å². The van der Waals surface area contributed by atoms with Gasteiger partial charge in [-0.05, 0) is 12.8 Å². The van der Waals surface area contributed by atoms with E-state index in [9.17, 15) is 19.8 Å². The van der Waals surface area contributed by atoms with Crippen LogP contribution in [0.3, 0.4) is 0 Å². The normalized spacial score (nSPS) is 6.17.